The van der Waals surface area contributed by atoms with Gasteiger partial charge in [0.05, 0.1) is 0 Å². The van der Waals surface area contributed by atoms with Crippen molar-refractivity contribution in [3.8, 4) is 0 Å². The molecule has 6 nitrogen and oxygen atoms in total. The zero-order chi connectivity index (χ0) is 10.2. The minimum Gasteiger partial charge on any atom is -0.355 e. The van der Waals surface area contributed by atoms with Gasteiger partial charge in [0.1, 0.15) is 0 Å². The molecule has 78 valence electrons. The van der Waals surface area contributed by atoms with Crippen LogP contribution in [-0.2, 0) is 11.2 Å². The molecular formula is C8H14N4O2. The molecule has 2 N–H and O–H groups in total. The molecule has 0 spiro atoms. The minimum absolute atomic E-state index is 0.00929. The lowest BCUT2D eigenvalue weighted by molar-refractivity contribution is -0.118. The van der Waals surface area contributed by atoms with E-state index in [1.54, 1.807) is 0 Å². The number of aromatic nitrogens is 2. The maximum atomic E-state index is 10.5. The molecule has 0 atom stereocenters. The Kier molecular flexibility index (Phi) is 4.63. The lowest BCUT2D eigenvalue weighted by atomic mass is 10.4. The van der Waals surface area contributed by atoms with E-state index in [1.807, 2.05) is 0 Å². The summed E-state index contributed by atoms with van der Waals surface area (Å²) < 4.78 is 4.58. The van der Waals surface area contributed by atoms with E-state index in [9.17, 15) is 4.79 Å². The molecular weight excluding hydrogens is 184 g/mol. The van der Waals surface area contributed by atoms with E-state index in [0.29, 0.717) is 12.4 Å². The van der Waals surface area contributed by atoms with E-state index in [-0.39, 0.29) is 5.91 Å². The van der Waals surface area contributed by atoms with Crippen LogP contribution in [0.2, 0.25) is 0 Å². The van der Waals surface area contributed by atoms with Gasteiger partial charge in [0.15, 0.2) is 5.82 Å². The largest absolute Gasteiger partial charge is 0.355 e. The van der Waals surface area contributed by atoms with Crippen LogP contribution in [-0.4, -0.2) is 35.7 Å². The Bertz CT molecular complexity index is 260. The topological polar surface area (TPSA) is 80.0 Å². The Balaban J connectivity index is 1.92. The van der Waals surface area contributed by atoms with Crippen LogP contribution >= 0.6 is 0 Å². The van der Waals surface area contributed by atoms with E-state index in [1.165, 1.54) is 13.3 Å². The maximum absolute atomic E-state index is 10.5. The van der Waals surface area contributed by atoms with Gasteiger partial charge < -0.3 is 15.2 Å². The molecule has 1 aromatic rings. The van der Waals surface area contributed by atoms with Crippen molar-refractivity contribution in [2.45, 2.75) is 13.3 Å². The average molecular weight is 198 g/mol. The fourth-order valence-electron chi connectivity index (χ4n) is 0.955. The molecule has 0 saturated carbocycles. The van der Waals surface area contributed by atoms with Gasteiger partial charge in [-0.2, -0.15) is 4.98 Å². The summed E-state index contributed by atoms with van der Waals surface area (Å²) in [6.07, 6.45) is 2.04. The second-order valence-electron chi connectivity index (χ2n) is 2.83. The van der Waals surface area contributed by atoms with E-state index < -0.39 is 0 Å². The van der Waals surface area contributed by atoms with Gasteiger partial charge in [0, 0.05) is 33.0 Å². The molecule has 0 radical (unpaired) electrons. The van der Waals surface area contributed by atoms with Crippen LogP contribution in [0.5, 0.6) is 0 Å². The van der Waals surface area contributed by atoms with Crippen molar-refractivity contribution in [3.05, 3.63) is 12.2 Å². The molecule has 1 aromatic heterocycles. The quantitative estimate of drug-likeness (QED) is 0.593. The highest BCUT2D eigenvalue weighted by molar-refractivity contribution is 5.72. The molecule has 0 aromatic carbocycles. The number of carbonyl (C=O) groups is 1. The van der Waals surface area contributed by atoms with Crippen LogP contribution in [0.1, 0.15) is 12.7 Å². The Hall–Kier alpha value is -1.43. The van der Waals surface area contributed by atoms with Gasteiger partial charge in [-0.25, -0.2) is 0 Å². The number of hydrogen-bond acceptors (Lipinski definition) is 5. The predicted molar refractivity (Wildman–Crippen MR) is 49.6 cm³/mol. The third-order valence-corrected chi connectivity index (χ3v) is 1.61. The van der Waals surface area contributed by atoms with Crippen molar-refractivity contribution >= 4 is 5.91 Å². The standard InChI is InChI=1S/C8H14N4O2/c1-7(13)10-5-4-9-3-2-8-11-6-14-12-8/h6,9H,2-5H2,1H3,(H,10,13). The third-order valence-electron chi connectivity index (χ3n) is 1.61. The molecule has 6 heteroatoms. The zero-order valence-corrected chi connectivity index (χ0v) is 8.12. The zero-order valence-electron chi connectivity index (χ0n) is 8.12. The van der Waals surface area contributed by atoms with Crippen molar-refractivity contribution < 1.29 is 9.32 Å². The summed E-state index contributed by atoms with van der Waals surface area (Å²) in [5, 5.41) is 9.50. The summed E-state index contributed by atoms with van der Waals surface area (Å²) in [6, 6.07) is 0. The predicted octanol–water partition coefficient (Wildman–Crippen LogP) is -0.662. The van der Waals surface area contributed by atoms with Gasteiger partial charge in [0.25, 0.3) is 0 Å². The Morgan fingerprint density at radius 3 is 3.00 bits per heavy atom. The van der Waals surface area contributed by atoms with Crippen molar-refractivity contribution in [3.63, 3.8) is 0 Å². The average Bonchev–Trinajstić information content (AvgIpc) is 2.63. The molecule has 0 aliphatic heterocycles. The van der Waals surface area contributed by atoms with Crippen molar-refractivity contribution in [1.82, 2.24) is 20.8 Å². The normalized spacial score (nSPS) is 10.1. The summed E-state index contributed by atoms with van der Waals surface area (Å²) in [5.74, 6) is 0.682. The fraction of sp³-hybridized carbons (Fsp3) is 0.625. The van der Waals surface area contributed by atoms with E-state index in [4.69, 9.17) is 0 Å². The Labute approximate surface area is 82.1 Å². The lowest BCUT2D eigenvalue weighted by Gasteiger charge is -2.02. The number of rotatable bonds is 6. The Morgan fingerprint density at radius 2 is 2.36 bits per heavy atom. The number of nitrogens with one attached hydrogen (secondary N) is 2. The Morgan fingerprint density at radius 1 is 1.50 bits per heavy atom. The number of carbonyl (C=O) groups excluding carboxylic acids is 1. The SMILES string of the molecule is CC(=O)NCCNCCc1ncon1. The number of nitrogens with zero attached hydrogens (tertiary/aromatic N) is 2. The summed E-state index contributed by atoms with van der Waals surface area (Å²) in [4.78, 5) is 14.4. The van der Waals surface area contributed by atoms with Gasteiger partial charge in [-0.3, -0.25) is 4.79 Å². The van der Waals surface area contributed by atoms with E-state index >= 15 is 0 Å². The number of amides is 1. The van der Waals surface area contributed by atoms with E-state index in [2.05, 4.69) is 25.3 Å². The first-order valence-corrected chi connectivity index (χ1v) is 4.49. The second kappa shape index (κ2) is 6.09. The van der Waals surface area contributed by atoms with Crippen LogP contribution in [0.4, 0.5) is 0 Å². The highest BCUT2D eigenvalue weighted by atomic mass is 16.5. The van der Waals surface area contributed by atoms with Crippen molar-refractivity contribution in [1.29, 1.82) is 0 Å². The molecule has 1 rings (SSSR count). The summed E-state index contributed by atoms with van der Waals surface area (Å²) in [5.41, 5.74) is 0. The number of hydrogen-bond donors (Lipinski definition) is 2. The van der Waals surface area contributed by atoms with Gasteiger partial charge in [-0.15, -0.1) is 0 Å². The summed E-state index contributed by atoms with van der Waals surface area (Å²) >= 11 is 0. The molecule has 0 aliphatic rings. The second-order valence-corrected chi connectivity index (χ2v) is 2.83. The lowest BCUT2D eigenvalue weighted by Crippen LogP contribution is -2.31. The monoisotopic (exact) mass is 198 g/mol. The molecule has 1 amide bonds. The molecule has 0 aliphatic carbocycles. The molecule has 0 saturated heterocycles. The van der Waals surface area contributed by atoms with Crippen LogP contribution in [0.25, 0.3) is 0 Å². The van der Waals surface area contributed by atoms with Gasteiger partial charge in [0.2, 0.25) is 12.3 Å². The molecule has 0 unspecified atom stereocenters. The highest BCUT2D eigenvalue weighted by Gasteiger charge is 1.96. The minimum atomic E-state index is -0.00929. The highest BCUT2D eigenvalue weighted by Crippen LogP contribution is 1.87. The van der Waals surface area contributed by atoms with Gasteiger partial charge in [-0.1, -0.05) is 5.16 Å². The molecule has 14 heavy (non-hydrogen) atoms. The first-order chi connectivity index (χ1) is 6.79. The van der Waals surface area contributed by atoms with Crippen LogP contribution in [0.3, 0.4) is 0 Å². The van der Waals surface area contributed by atoms with E-state index in [0.717, 1.165) is 19.5 Å². The van der Waals surface area contributed by atoms with Gasteiger partial charge >= 0.3 is 0 Å². The van der Waals surface area contributed by atoms with Gasteiger partial charge in [-0.05, 0) is 0 Å². The fourth-order valence-corrected chi connectivity index (χ4v) is 0.955. The van der Waals surface area contributed by atoms with Crippen LogP contribution < -0.4 is 10.6 Å². The van der Waals surface area contributed by atoms with Crippen molar-refractivity contribution in [2.75, 3.05) is 19.6 Å². The summed E-state index contributed by atoms with van der Waals surface area (Å²) in [7, 11) is 0. The smallest absolute Gasteiger partial charge is 0.216 e. The van der Waals surface area contributed by atoms with Crippen molar-refractivity contribution in [2.24, 2.45) is 0 Å². The first-order valence-electron chi connectivity index (χ1n) is 4.49. The first kappa shape index (κ1) is 10.6. The van der Waals surface area contributed by atoms with Crippen LogP contribution in [0.15, 0.2) is 10.9 Å². The molecule has 1 heterocycles. The third kappa shape index (κ3) is 4.56. The summed E-state index contributed by atoms with van der Waals surface area (Å²) in [6.45, 7) is 3.66. The van der Waals surface area contributed by atoms with Crippen LogP contribution in [0, 0.1) is 0 Å². The molecule has 0 fully saturated rings. The molecule has 0 bridgehead atoms. The maximum Gasteiger partial charge on any atom is 0.216 e.